The predicted molar refractivity (Wildman–Crippen MR) is 82.4 cm³/mol. The Labute approximate surface area is 133 Å². The van der Waals surface area contributed by atoms with E-state index < -0.39 is 5.91 Å². The number of nitrogens with one attached hydrogen (secondary N) is 1. The van der Waals surface area contributed by atoms with Gasteiger partial charge in [0, 0.05) is 13.2 Å². The molecule has 1 aromatic heterocycles. The van der Waals surface area contributed by atoms with Crippen LogP contribution in [0.3, 0.4) is 0 Å². The Balaban J connectivity index is 2.04. The number of carbonyl (C=O) groups is 1. The maximum atomic E-state index is 11.8. The standard InChI is InChI=1S/C12H9BrCl2N4O/c1-19-6-8(13)11(18-19)12(20)17-16-5-7-2-3-9(14)10(15)4-7/h2-6H,1H3,(H,17,20). The highest BCUT2D eigenvalue weighted by Gasteiger charge is 2.13. The van der Waals surface area contributed by atoms with Crippen molar-refractivity contribution in [1.29, 1.82) is 0 Å². The molecule has 0 atom stereocenters. The fourth-order valence-electron chi connectivity index (χ4n) is 1.42. The first kappa shape index (κ1) is 15.0. The smallest absolute Gasteiger partial charge is 0.274 e. The monoisotopic (exact) mass is 374 g/mol. The highest BCUT2D eigenvalue weighted by Crippen LogP contribution is 2.21. The van der Waals surface area contributed by atoms with Crippen LogP contribution in [0, 0.1) is 0 Å². The lowest BCUT2D eigenvalue weighted by Crippen LogP contribution is -2.18. The molecule has 0 aliphatic heterocycles. The number of hydrogen-bond donors (Lipinski definition) is 1. The molecule has 0 aliphatic rings. The second-order valence-corrected chi connectivity index (χ2v) is 5.54. The summed E-state index contributed by atoms with van der Waals surface area (Å²) < 4.78 is 2.13. The summed E-state index contributed by atoms with van der Waals surface area (Å²) >= 11 is 14.9. The lowest BCUT2D eigenvalue weighted by molar-refractivity contribution is 0.0948. The molecule has 0 saturated carbocycles. The first-order chi connectivity index (χ1) is 9.47. The van der Waals surface area contributed by atoms with Crippen molar-refractivity contribution >= 4 is 51.3 Å². The Bertz CT molecular complexity index is 684. The molecular formula is C12H9BrCl2N4O. The van der Waals surface area contributed by atoms with Gasteiger partial charge in [-0.15, -0.1) is 0 Å². The van der Waals surface area contributed by atoms with Crippen LogP contribution in [0.2, 0.25) is 10.0 Å². The van der Waals surface area contributed by atoms with Gasteiger partial charge < -0.3 is 0 Å². The zero-order valence-corrected chi connectivity index (χ0v) is 13.4. The van der Waals surface area contributed by atoms with E-state index in [9.17, 15) is 4.79 Å². The van der Waals surface area contributed by atoms with Crippen LogP contribution < -0.4 is 5.43 Å². The number of aromatic nitrogens is 2. The highest BCUT2D eigenvalue weighted by atomic mass is 79.9. The molecule has 8 heteroatoms. The average Bonchev–Trinajstić information content (AvgIpc) is 2.73. The summed E-state index contributed by atoms with van der Waals surface area (Å²) in [5.41, 5.74) is 3.37. The van der Waals surface area contributed by atoms with E-state index >= 15 is 0 Å². The van der Waals surface area contributed by atoms with Gasteiger partial charge in [0.05, 0.1) is 20.7 Å². The van der Waals surface area contributed by atoms with Gasteiger partial charge in [0.1, 0.15) is 0 Å². The first-order valence-corrected chi connectivity index (χ1v) is 7.00. The number of benzene rings is 1. The van der Waals surface area contributed by atoms with Crippen molar-refractivity contribution in [2.45, 2.75) is 0 Å². The minimum Gasteiger partial charge on any atom is -0.274 e. The number of hydrogen-bond acceptors (Lipinski definition) is 3. The number of carbonyl (C=O) groups excluding carboxylic acids is 1. The number of aryl methyl sites for hydroxylation is 1. The van der Waals surface area contributed by atoms with Gasteiger partial charge in [0.25, 0.3) is 5.91 Å². The maximum Gasteiger partial charge on any atom is 0.293 e. The van der Waals surface area contributed by atoms with Gasteiger partial charge in [-0.3, -0.25) is 9.48 Å². The molecule has 1 heterocycles. The molecule has 20 heavy (non-hydrogen) atoms. The Kier molecular flexibility index (Phi) is 4.80. The normalized spacial score (nSPS) is 11.0. The van der Waals surface area contributed by atoms with Crippen LogP contribution in [0.15, 0.2) is 34.0 Å². The molecule has 2 rings (SSSR count). The molecule has 0 aliphatic carbocycles. The summed E-state index contributed by atoms with van der Waals surface area (Å²) in [6.07, 6.45) is 3.15. The minimum absolute atomic E-state index is 0.263. The van der Waals surface area contributed by atoms with Crippen LogP contribution in [0.1, 0.15) is 16.1 Å². The van der Waals surface area contributed by atoms with Crippen LogP contribution in [-0.2, 0) is 7.05 Å². The quantitative estimate of drug-likeness (QED) is 0.661. The minimum atomic E-state index is -0.409. The summed E-state index contributed by atoms with van der Waals surface area (Å²) in [5, 5.41) is 8.74. The molecule has 2 aromatic rings. The van der Waals surface area contributed by atoms with Crippen molar-refractivity contribution in [2.75, 3.05) is 0 Å². The van der Waals surface area contributed by atoms with E-state index in [1.807, 2.05) is 0 Å². The van der Waals surface area contributed by atoms with Gasteiger partial charge in [0.15, 0.2) is 5.69 Å². The van der Waals surface area contributed by atoms with Crippen LogP contribution in [0.25, 0.3) is 0 Å². The summed E-state index contributed by atoms with van der Waals surface area (Å²) in [6.45, 7) is 0. The Morgan fingerprint density at radius 2 is 2.20 bits per heavy atom. The zero-order chi connectivity index (χ0) is 14.7. The van der Waals surface area contributed by atoms with Crippen LogP contribution in [0.5, 0.6) is 0 Å². The number of hydrazone groups is 1. The molecule has 0 bridgehead atoms. The zero-order valence-electron chi connectivity index (χ0n) is 10.3. The van der Waals surface area contributed by atoms with E-state index in [1.54, 1.807) is 31.4 Å². The molecular weight excluding hydrogens is 367 g/mol. The average molecular weight is 376 g/mol. The fraction of sp³-hybridized carbons (Fsp3) is 0.0833. The maximum absolute atomic E-state index is 11.8. The second-order valence-electron chi connectivity index (χ2n) is 3.87. The number of halogens is 3. The summed E-state index contributed by atoms with van der Waals surface area (Å²) in [4.78, 5) is 11.8. The lowest BCUT2D eigenvalue weighted by atomic mass is 10.2. The van der Waals surface area contributed by atoms with Crippen molar-refractivity contribution in [3.8, 4) is 0 Å². The van der Waals surface area contributed by atoms with Gasteiger partial charge in [0.2, 0.25) is 0 Å². The van der Waals surface area contributed by atoms with Gasteiger partial charge in [-0.05, 0) is 33.6 Å². The Morgan fingerprint density at radius 3 is 2.80 bits per heavy atom. The van der Waals surface area contributed by atoms with Crippen molar-refractivity contribution in [3.05, 3.63) is 50.2 Å². The summed E-state index contributed by atoms with van der Waals surface area (Å²) in [7, 11) is 1.72. The molecule has 0 radical (unpaired) electrons. The largest absolute Gasteiger partial charge is 0.293 e. The molecule has 104 valence electrons. The first-order valence-electron chi connectivity index (χ1n) is 5.45. The van der Waals surface area contributed by atoms with Crippen molar-refractivity contribution in [2.24, 2.45) is 12.1 Å². The van der Waals surface area contributed by atoms with E-state index in [0.717, 1.165) is 5.56 Å². The van der Waals surface area contributed by atoms with Crippen molar-refractivity contribution in [3.63, 3.8) is 0 Å². The van der Waals surface area contributed by atoms with Crippen molar-refractivity contribution in [1.82, 2.24) is 15.2 Å². The summed E-state index contributed by atoms with van der Waals surface area (Å²) in [5.74, 6) is -0.409. The number of nitrogens with zero attached hydrogens (tertiary/aromatic N) is 3. The lowest BCUT2D eigenvalue weighted by Gasteiger charge is -1.98. The third-order valence-electron chi connectivity index (χ3n) is 2.32. The SMILES string of the molecule is Cn1cc(Br)c(C(=O)NN=Cc2ccc(Cl)c(Cl)c2)n1. The van der Waals surface area contributed by atoms with Crippen LogP contribution in [0.4, 0.5) is 0 Å². The second kappa shape index (κ2) is 6.39. The topological polar surface area (TPSA) is 59.3 Å². The molecule has 0 saturated heterocycles. The van der Waals surface area contributed by atoms with E-state index in [-0.39, 0.29) is 5.69 Å². The highest BCUT2D eigenvalue weighted by molar-refractivity contribution is 9.10. The third kappa shape index (κ3) is 3.59. The predicted octanol–water partition coefficient (Wildman–Crippen LogP) is 3.25. The number of rotatable bonds is 3. The Morgan fingerprint density at radius 1 is 1.45 bits per heavy atom. The van der Waals surface area contributed by atoms with Gasteiger partial charge >= 0.3 is 0 Å². The molecule has 0 fully saturated rings. The van der Waals surface area contributed by atoms with E-state index in [1.165, 1.54) is 10.9 Å². The fourth-order valence-corrected chi connectivity index (χ4v) is 2.29. The van der Waals surface area contributed by atoms with Gasteiger partial charge in [-0.25, -0.2) is 5.43 Å². The molecule has 5 nitrogen and oxygen atoms in total. The number of amides is 1. The van der Waals surface area contributed by atoms with Gasteiger partial charge in [-0.1, -0.05) is 29.3 Å². The Hall–Kier alpha value is -1.37. The van der Waals surface area contributed by atoms with E-state index in [4.69, 9.17) is 23.2 Å². The molecule has 1 aromatic carbocycles. The molecule has 1 N–H and O–H groups in total. The van der Waals surface area contributed by atoms with Gasteiger partial charge in [-0.2, -0.15) is 10.2 Å². The van der Waals surface area contributed by atoms with Crippen LogP contribution in [-0.4, -0.2) is 21.9 Å². The van der Waals surface area contributed by atoms with E-state index in [2.05, 4.69) is 31.6 Å². The van der Waals surface area contributed by atoms with Crippen molar-refractivity contribution < 1.29 is 4.79 Å². The molecule has 0 spiro atoms. The van der Waals surface area contributed by atoms with Crippen LogP contribution >= 0.6 is 39.1 Å². The summed E-state index contributed by atoms with van der Waals surface area (Å²) in [6, 6.07) is 5.04. The molecule has 1 amide bonds. The third-order valence-corrected chi connectivity index (χ3v) is 3.64. The molecule has 0 unspecified atom stereocenters. The van der Waals surface area contributed by atoms with E-state index in [0.29, 0.717) is 14.5 Å².